The topological polar surface area (TPSA) is 26.3 Å². The van der Waals surface area contributed by atoms with Crippen LogP contribution in [0, 0.1) is 6.92 Å². The van der Waals surface area contributed by atoms with E-state index in [0.29, 0.717) is 5.56 Å². The number of carbonyl (C=O) groups excluding carboxylic acids is 1. The molecule has 0 spiro atoms. The van der Waals surface area contributed by atoms with E-state index in [-0.39, 0.29) is 18.2 Å². The molecule has 1 aromatic carbocycles. The minimum absolute atomic E-state index is 0.167. The van der Waals surface area contributed by atoms with E-state index in [1.807, 2.05) is 0 Å². The molecule has 0 aromatic heterocycles. The lowest BCUT2D eigenvalue weighted by atomic mass is 10.1. The van der Waals surface area contributed by atoms with Crippen molar-refractivity contribution >= 4 is 5.97 Å². The van der Waals surface area contributed by atoms with Gasteiger partial charge in [-0.05, 0) is 18.6 Å². The fourth-order valence-electron chi connectivity index (χ4n) is 0.843. The summed E-state index contributed by atoms with van der Waals surface area (Å²) < 4.78 is 31.7. The van der Waals surface area contributed by atoms with Crippen LogP contribution in [0.3, 0.4) is 0 Å². The van der Waals surface area contributed by atoms with Gasteiger partial charge in [0, 0.05) is 4.53 Å². The Morgan fingerprint density at radius 1 is 1.27 bits per heavy atom. The van der Waals surface area contributed by atoms with Gasteiger partial charge in [-0.1, -0.05) is 18.2 Å². The molecule has 2 nitrogen and oxygen atoms in total. The molecule has 0 atom stereocenters. The minimum atomic E-state index is -0.942. The number of hydrogen-bond donors (Lipinski definition) is 0. The van der Waals surface area contributed by atoms with Gasteiger partial charge in [0.15, 0.2) is 0 Å². The van der Waals surface area contributed by atoms with Crippen LogP contribution in [0.1, 0.15) is 15.9 Å². The van der Waals surface area contributed by atoms with Gasteiger partial charge in [0.2, 0.25) is 0 Å². The van der Waals surface area contributed by atoms with Crippen molar-refractivity contribution in [3.8, 4) is 0 Å². The monoisotopic (exact) mass is 218 g/mol. The lowest BCUT2D eigenvalue weighted by Gasteiger charge is -1.97. The molecule has 0 aliphatic heterocycles. The zero-order valence-electron chi connectivity index (χ0n) is 7.91. The summed E-state index contributed by atoms with van der Waals surface area (Å²) in [6, 6.07) is 6.65. The van der Waals surface area contributed by atoms with Crippen LogP contribution in [0.5, 0.6) is 0 Å². The Bertz CT molecular complexity index is 333. The molecule has 0 saturated heterocycles. The summed E-state index contributed by atoms with van der Waals surface area (Å²) in [7, 11) is 0. The summed E-state index contributed by atoms with van der Waals surface area (Å²) in [6.45, 7) is 1.71. The van der Waals surface area contributed by atoms with E-state index in [1.165, 1.54) is 6.07 Å². The number of hydrogen-bond acceptors (Lipinski definition) is 2. The molecule has 0 heterocycles. The first kappa shape index (κ1) is 13.2. The van der Waals surface area contributed by atoms with E-state index in [4.69, 9.17) is 0 Å². The van der Waals surface area contributed by atoms with Crippen LogP contribution in [0.4, 0.5) is 13.3 Å². The van der Waals surface area contributed by atoms with Crippen molar-refractivity contribution in [1.29, 1.82) is 0 Å². The average molecular weight is 218 g/mol. The maximum atomic E-state index is 11.4. The maximum absolute atomic E-state index is 11.4. The summed E-state index contributed by atoms with van der Waals surface area (Å²) in [6.07, 6.45) is -0.333. The third-order valence-corrected chi connectivity index (χ3v) is 1.48. The third-order valence-electron chi connectivity index (χ3n) is 1.48. The normalized spacial score (nSPS) is 9.33. The molecule has 0 bridgehead atoms. The van der Waals surface area contributed by atoms with Crippen molar-refractivity contribution in [3.63, 3.8) is 0 Å². The second-order valence-electron chi connectivity index (χ2n) is 2.43. The molecular weight excluding hydrogens is 209 g/mol. The molecule has 0 aliphatic carbocycles. The van der Waals surface area contributed by atoms with Crippen LogP contribution < -0.4 is 0 Å². The highest BCUT2D eigenvalue weighted by Crippen LogP contribution is 2.08. The van der Waals surface area contributed by atoms with Gasteiger partial charge in [0.1, 0.15) is 12.7 Å². The van der Waals surface area contributed by atoms with E-state index in [1.54, 1.807) is 25.1 Å². The van der Waals surface area contributed by atoms with Gasteiger partial charge < -0.3 is 0 Å². The van der Waals surface area contributed by atoms with E-state index in [9.17, 15) is 18.1 Å². The molecule has 5 heteroatoms. The van der Waals surface area contributed by atoms with Crippen LogP contribution in [0.15, 0.2) is 36.9 Å². The van der Waals surface area contributed by atoms with Gasteiger partial charge in [0.25, 0.3) is 0 Å². The van der Waals surface area contributed by atoms with Crippen LogP contribution in [0.2, 0.25) is 0 Å². The second-order valence-corrected chi connectivity index (χ2v) is 2.43. The molecule has 0 unspecified atom stereocenters. The van der Waals surface area contributed by atoms with Crippen LogP contribution >= 0.6 is 0 Å². The molecule has 0 amide bonds. The molecule has 0 radical (unpaired) electrons. The summed E-state index contributed by atoms with van der Waals surface area (Å²) in [5, 5.41) is 0. The molecule has 0 fully saturated rings. The highest BCUT2D eigenvalue weighted by Gasteiger charge is 2.08. The highest BCUT2D eigenvalue weighted by molar-refractivity contribution is 5.90. The van der Waals surface area contributed by atoms with E-state index < -0.39 is 5.97 Å². The van der Waals surface area contributed by atoms with E-state index in [0.717, 1.165) is 0 Å². The molecule has 15 heavy (non-hydrogen) atoms. The average Bonchev–Trinajstić information content (AvgIpc) is 2.29. The van der Waals surface area contributed by atoms with Gasteiger partial charge in [-0.25, -0.2) is 18.5 Å². The Morgan fingerprint density at radius 3 is 2.20 bits per heavy atom. The van der Waals surface area contributed by atoms with Gasteiger partial charge in [-0.15, -0.1) is 0 Å². The van der Waals surface area contributed by atoms with Crippen molar-refractivity contribution in [3.05, 3.63) is 48.1 Å². The molecule has 0 N–H and O–H groups in total. The maximum Gasteiger partial charge on any atom is 0.379 e. The SMILES string of the molecule is Cc1ccccc1C(=O)OF.FC=CF. The van der Waals surface area contributed by atoms with E-state index >= 15 is 0 Å². The highest BCUT2D eigenvalue weighted by atomic mass is 19.3. The molecule has 0 saturated carbocycles. The zero-order valence-corrected chi connectivity index (χ0v) is 7.91. The molecule has 1 rings (SSSR count). The molecule has 0 aliphatic rings. The summed E-state index contributed by atoms with van der Waals surface area (Å²) in [4.78, 5) is 13.7. The lowest BCUT2D eigenvalue weighted by Crippen LogP contribution is -2.00. The summed E-state index contributed by atoms with van der Waals surface area (Å²) in [5.74, 6) is -0.942. The minimum Gasteiger partial charge on any atom is -0.249 e. The smallest absolute Gasteiger partial charge is 0.249 e. The van der Waals surface area contributed by atoms with Crippen LogP contribution in [0.25, 0.3) is 0 Å². The Kier molecular flexibility index (Phi) is 6.70. The third kappa shape index (κ3) is 4.85. The largest absolute Gasteiger partial charge is 0.379 e. The Hall–Kier alpha value is -1.78. The fraction of sp³-hybridized carbons (Fsp3) is 0.100. The lowest BCUT2D eigenvalue weighted by molar-refractivity contribution is -0.0788. The predicted octanol–water partition coefficient (Wildman–Crippen LogP) is 3.43. The first-order chi connectivity index (χ1) is 7.17. The quantitative estimate of drug-likeness (QED) is 0.721. The van der Waals surface area contributed by atoms with E-state index in [2.05, 4.69) is 4.94 Å². The first-order valence-corrected chi connectivity index (χ1v) is 3.91. The number of carbonyl (C=O) groups is 1. The van der Waals surface area contributed by atoms with Gasteiger partial charge >= 0.3 is 5.97 Å². The predicted molar refractivity (Wildman–Crippen MR) is 49.1 cm³/mol. The Labute approximate surface area is 84.9 Å². The summed E-state index contributed by atoms with van der Waals surface area (Å²) in [5.41, 5.74) is 0.963. The standard InChI is InChI=1S/C8H7FO2.C2H2F2/c1-6-4-2-3-5-7(6)8(10)11-9;3-1-2-4/h2-5H,1H3;1-2H. The summed E-state index contributed by atoms with van der Waals surface area (Å²) >= 11 is 0. The molecule has 82 valence electrons. The Balaban J connectivity index is 0.000000423. The second kappa shape index (κ2) is 7.61. The number of aryl methyl sites for hydroxylation is 1. The molecular formula is C10H9F3O2. The fourth-order valence-corrected chi connectivity index (χ4v) is 0.843. The van der Waals surface area contributed by atoms with Crippen molar-refractivity contribution in [1.82, 2.24) is 0 Å². The van der Waals surface area contributed by atoms with Crippen molar-refractivity contribution in [2.75, 3.05) is 0 Å². The number of benzene rings is 1. The zero-order chi connectivity index (χ0) is 11.7. The Morgan fingerprint density at radius 2 is 1.80 bits per heavy atom. The molecule has 1 aromatic rings. The first-order valence-electron chi connectivity index (χ1n) is 3.91. The van der Waals surface area contributed by atoms with Gasteiger partial charge in [-0.2, -0.15) is 0 Å². The van der Waals surface area contributed by atoms with Crippen molar-refractivity contribution in [2.45, 2.75) is 6.92 Å². The van der Waals surface area contributed by atoms with Crippen LogP contribution in [-0.2, 0) is 4.94 Å². The van der Waals surface area contributed by atoms with Crippen LogP contribution in [-0.4, -0.2) is 5.97 Å². The van der Waals surface area contributed by atoms with Gasteiger partial charge in [0.05, 0.1) is 5.56 Å². The van der Waals surface area contributed by atoms with Crippen molar-refractivity contribution < 1.29 is 23.0 Å². The number of rotatable bonds is 1. The van der Waals surface area contributed by atoms with Crippen molar-refractivity contribution in [2.24, 2.45) is 0 Å². The van der Waals surface area contributed by atoms with Gasteiger partial charge in [-0.3, -0.25) is 0 Å². The number of halogens is 3.